The molecule has 1 saturated carbocycles. The lowest BCUT2D eigenvalue weighted by Gasteiger charge is -2.25. The van der Waals surface area contributed by atoms with Gasteiger partial charge >= 0.3 is 0 Å². The monoisotopic (exact) mass is 247 g/mol. The molecule has 4 heteroatoms. The third-order valence-corrected chi connectivity index (χ3v) is 3.65. The second-order valence-corrected chi connectivity index (χ2v) is 5.00. The molecule has 18 heavy (non-hydrogen) atoms. The van der Waals surface area contributed by atoms with Gasteiger partial charge in [0.25, 0.3) is 5.91 Å². The minimum atomic E-state index is -0.00619. The highest BCUT2D eigenvalue weighted by Gasteiger charge is 2.15. The van der Waals surface area contributed by atoms with Crippen LogP contribution in [-0.2, 0) is 0 Å². The van der Waals surface area contributed by atoms with Crippen molar-refractivity contribution in [3.8, 4) is 0 Å². The third kappa shape index (κ3) is 3.00. The van der Waals surface area contributed by atoms with Crippen LogP contribution in [-0.4, -0.2) is 21.5 Å². The smallest absolute Gasteiger partial charge is 0.260 e. The van der Waals surface area contributed by atoms with E-state index in [2.05, 4.69) is 10.3 Å². The Morgan fingerprint density at radius 1 is 1.28 bits per heavy atom. The van der Waals surface area contributed by atoms with Crippen molar-refractivity contribution in [2.75, 3.05) is 0 Å². The Hall–Kier alpha value is -1.58. The van der Waals surface area contributed by atoms with Crippen LogP contribution in [0.2, 0.25) is 0 Å². The highest BCUT2D eigenvalue weighted by atomic mass is 16.2. The van der Waals surface area contributed by atoms with E-state index in [9.17, 15) is 4.79 Å². The summed E-state index contributed by atoms with van der Waals surface area (Å²) in [7, 11) is 0. The molecular weight excluding hydrogens is 226 g/mol. The minimum Gasteiger partial charge on any atom is -0.385 e. The molecule has 0 aliphatic heterocycles. The fraction of sp³-hybridized carbons (Fsp3) is 0.571. The molecule has 0 unspecified atom stereocenters. The molecule has 1 heterocycles. The van der Waals surface area contributed by atoms with Crippen molar-refractivity contribution in [3.63, 3.8) is 0 Å². The van der Waals surface area contributed by atoms with Crippen molar-refractivity contribution in [1.29, 1.82) is 0 Å². The standard InChI is InChI=1S/C14H21N3O/c1-11(14(18)17-9-8-15-10-17)12(2)16-13-6-4-3-5-7-13/h8-10,13,16H,3-7H2,1-2H3/b12-11-. The first-order valence-corrected chi connectivity index (χ1v) is 6.65. The molecule has 1 N–H and O–H groups in total. The van der Waals surface area contributed by atoms with Gasteiger partial charge in [-0.2, -0.15) is 0 Å². The summed E-state index contributed by atoms with van der Waals surface area (Å²) in [5.74, 6) is -0.00619. The zero-order valence-corrected chi connectivity index (χ0v) is 11.1. The van der Waals surface area contributed by atoms with Crippen molar-refractivity contribution in [3.05, 3.63) is 30.0 Å². The molecule has 2 rings (SSSR count). The van der Waals surface area contributed by atoms with E-state index >= 15 is 0 Å². The average Bonchev–Trinajstić information content (AvgIpc) is 2.92. The maximum absolute atomic E-state index is 12.1. The van der Waals surface area contributed by atoms with Crippen LogP contribution >= 0.6 is 0 Å². The summed E-state index contributed by atoms with van der Waals surface area (Å²) >= 11 is 0. The van der Waals surface area contributed by atoms with Gasteiger partial charge in [0.1, 0.15) is 6.33 Å². The van der Waals surface area contributed by atoms with Crippen LogP contribution in [0, 0.1) is 0 Å². The van der Waals surface area contributed by atoms with Crippen molar-refractivity contribution in [2.45, 2.75) is 52.0 Å². The Balaban J connectivity index is 2.02. The topological polar surface area (TPSA) is 46.9 Å². The number of carbonyl (C=O) groups excluding carboxylic acids is 1. The van der Waals surface area contributed by atoms with E-state index in [0.717, 1.165) is 11.3 Å². The molecule has 4 nitrogen and oxygen atoms in total. The van der Waals surface area contributed by atoms with E-state index in [0.29, 0.717) is 6.04 Å². The fourth-order valence-electron chi connectivity index (χ4n) is 2.39. The van der Waals surface area contributed by atoms with Gasteiger partial charge in [0.2, 0.25) is 0 Å². The molecule has 0 atom stereocenters. The van der Waals surface area contributed by atoms with Crippen molar-refractivity contribution in [1.82, 2.24) is 14.9 Å². The highest BCUT2D eigenvalue weighted by molar-refractivity contribution is 5.95. The third-order valence-electron chi connectivity index (χ3n) is 3.65. The van der Waals surface area contributed by atoms with Gasteiger partial charge in [-0.3, -0.25) is 9.36 Å². The summed E-state index contributed by atoms with van der Waals surface area (Å²) in [5.41, 5.74) is 1.75. The van der Waals surface area contributed by atoms with E-state index in [-0.39, 0.29) is 5.91 Å². The fourth-order valence-corrected chi connectivity index (χ4v) is 2.39. The molecule has 0 radical (unpaired) electrons. The molecule has 1 aliphatic carbocycles. The lowest BCUT2D eigenvalue weighted by molar-refractivity contribution is 0.0953. The Morgan fingerprint density at radius 2 is 2.00 bits per heavy atom. The maximum Gasteiger partial charge on any atom is 0.260 e. The molecule has 1 aromatic heterocycles. The molecule has 0 amide bonds. The number of carbonyl (C=O) groups is 1. The summed E-state index contributed by atoms with van der Waals surface area (Å²) in [6, 6.07) is 0.532. The first-order valence-electron chi connectivity index (χ1n) is 6.65. The van der Waals surface area contributed by atoms with Crippen LogP contribution in [0.1, 0.15) is 50.7 Å². The number of nitrogens with zero attached hydrogens (tertiary/aromatic N) is 2. The molecule has 98 valence electrons. The zero-order chi connectivity index (χ0) is 13.0. The van der Waals surface area contributed by atoms with Gasteiger partial charge in [0.05, 0.1) is 0 Å². The van der Waals surface area contributed by atoms with Crippen LogP contribution in [0.4, 0.5) is 0 Å². The highest BCUT2D eigenvalue weighted by Crippen LogP contribution is 2.19. The predicted molar refractivity (Wildman–Crippen MR) is 71.2 cm³/mol. The average molecular weight is 247 g/mol. The van der Waals surface area contributed by atoms with Gasteiger partial charge in [0.15, 0.2) is 0 Å². The van der Waals surface area contributed by atoms with Crippen LogP contribution in [0.25, 0.3) is 0 Å². The largest absolute Gasteiger partial charge is 0.385 e. The molecule has 0 aromatic carbocycles. The van der Waals surface area contributed by atoms with Gasteiger partial charge in [-0.05, 0) is 26.7 Å². The second-order valence-electron chi connectivity index (χ2n) is 5.00. The summed E-state index contributed by atoms with van der Waals surface area (Å²) in [4.78, 5) is 16.0. The lowest BCUT2D eigenvalue weighted by Crippen LogP contribution is -2.31. The zero-order valence-electron chi connectivity index (χ0n) is 11.1. The summed E-state index contributed by atoms with van der Waals surface area (Å²) in [6.45, 7) is 3.85. The Kier molecular flexibility index (Phi) is 4.18. The first-order chi connectivity index (χ1) is 8.68. The van der Waals surface area contributed by atoms with Crippen LogP contribution in [0.5, 0.6) is 0 Å². The number of hydrogen-bond donors (Lipinski definition) is 1. The Morgan fingerprint density at radius 3 is 2.61 bits per heavy atom. The summed E-state index contributed by atoms with van der Waals surface area (Å²) in [5, 5.41) is 3.49. The van der Waals surface area contributed by atoms with Gasteiger partial charge in [-0.25, -0.2) is 4.98 Å². The van der Waals surface area contributed by atoms with E-state index < -0.39 is 0 Å². The second kappa shape index (κ2) is 5.85. The van der Waals surface area contributed by atoms with Crippen LogP contribution in [0.3, 0.4) is 0 Å². The van der Waals surface area contributed by atoms with Gasteiger partial charge in [-0.1, -0.05) is 19.3 Å². The number of nitrogens with one attached hydrogen (secondary N) is 1. The maximum atomic E-state index is 12.1. The number of imidazole rings is 1. The Bertz CT molecular complexity index is 428. The molecular formula is C14H21N3O. The summed E-state index contributed by atoms with van der Waals surface area (Å²) < 4.78 is 1.52. The lowest BCUT2D eigenvalue weighted by atomic mass is 9.95. The number of allylic oxidation sites excluding steroid dienone is 2. The quantitative estimate of drug-likeness (QED) is 0.835. The molecule has 0 saturated heterocycles. The van der Waals surface area contributed by atoms with Gasteiger partial charge in [0, 0.05) is 29.7 Å². The van der Waals surface area contributed by atoms with Crippen LogP contribution in [0.15, 0.2) is 30.0 Å². The van der Waals surface area contributed by atoms with Crippen LogP contribution < -0.4 is 5.32 Å². The van der Waals surface area contributed by atoms with Crippen molar-refractivity contribution >= 4 is 5.91 Å². The number of rotatable bonds is 3. The molecule has 1 aromatic rings. The van der Waals surface area contributed by atoms with Gasteiger partial charge in [-0.15, -0.1) is 0 Å². The predicted octanol–water partition coefficient (Wildman–Crippen LogP) is 2.74. The first kappa shape index (κ1) is 12.9. The number of hydrogen-bond acceptors (Lipinski definition) is 3. The van der Waals surface area contributed by atoms with Crippen molar-refractivity contribution in [2.24, 2.45) is 0 Å². The van der Waals surface area contributed by atoms with E-state index in [1.807, 2.05) is 13.8 Å². The number of aromatic nitrogens is 2. The van der Waals surface area contributed by atoms with Gasteiger partial charge < -0.3 is 5.32 Å². The molecule has 1 aliphatic rings. The molecule has 0 bridgehead atoms. The minimum absolute atomic E-state index is 0.00619. The van der Waals surface area contributed by atoms with E-state index in [1.54, 1.807) is 18.7 Å². The summed E-state index contributed by atoms with van der Waals surface area (Å²) in [6.07, 6.45) is 11.2. The molecule has 0 spiro atoms. The van der Waals surface area contributed by atoms with E-state index in [1.165, 1.54) is 36.7 Å². The van der Waals surface area contributed by atoms with Crippen molar-refractivity contribution < 1.29 is 4.79 Å². The van der Waals surface area contributed by atoms with E-state index in [4.69, 9.17) is 0 Å². The SMILES string of the molecule is C/C(NC1CCCCC1)=C(\C)C(=O)n1ccnc1. The Labute approximate surface area is 108 Å². The molecule has 1 fully saturated rings. The normalized spacial score (nSPS) is 18.3.